The molecular weight excluding hydrogens is 744 g/mol. The number of carbonyl (C=O) groups is 3. The number of carboxylic acids is 1. The summed E-state index contributed by atoms with van der Waals surface area (Å²) < 4.78 is 102. The normalized spacial score (nSPS) is 20.4. The van der Waals surface area contributed by atoms with Gasteiger partial charge in [0.25, 0.3) is 11.8 Å². The van der Waals surface area contributed by atoms with Crippen molar-refractivity contribution >= 4 is 29.1 Å². The van der Waals surface area contributed by atoms with Gasteiger partial charge in [-0.2, -0.15) is 26.3 Å². The second-order valence-electron chi connectivity index (χ2n) is 13.3. The number of likely N-dealkylation sites (tertiary alicyclic amines) is 2. The van der Waals surface area contributed by atoms with E-state index in [1.54, 1.807) is 25.1 Å². The first-order valence-corrected chi connectivity index (χ1v) is 18.4. The highest BCUT2D eigenvalue weighted by Crippen LogP contribution is 2.45. The molecule has 4 heterocycles. The fourth-order valence-electron chi connectivity index (χ4n) is 7.40. The zero-order valence-corrected chi connectivity index (χ0v) is 30.5. The molecule has 0 radical (unpaired) electrons. The number of carbonyl (C=O) groups excluding carboxylic acids is 2. The summed E-state index contributed by atoms with van der Waals surface area (Å²) in [6.45, 7) is 2.07. The van der Waals surface area contributed by atoms with Gasteiger partial charge in [-0.3, -0.25) is 19.4 Å². The second-order valence-corrected chi connectivity index (χ2v) is 14.2. The van der Waals surface area contributed by atoms with Crippen molar-refractivity contribution in [1.29, 1.82) is 0 Å². The topological polar surface area (TPSA) is 119 Å². The Morgan fingerprint density at radius 3 is 2.37 bits per heavy atom. The lowest BCUT2D eigenvalue weighted by Gasteiger charge is -2.51. The summed E-state index contributed by atoms with van der Waals surface area (Å²) in [4.78, 5) is 45.5. The summed E-state index contributed by atoms with van der Waals surface area (Å²) in [5.74, 6) is -2.34. The molecule has 2 amide bonds. The standard InChI is InChI=1S/C37H41F6N3O7S/c1-3-8-29-35(53-24-21-30(54-23-24)37(41,42)43,13-7-17-46(29)32(49)25-22-44-16-12-26(25)36(38,39)40)33(50)45-18-14-34(51-2,15-19-45)27-9-4-5-10-28(27)52-20-6-11-31(47)48/h4-5,9-10,12,16,21-23,29H,3,6-8,11,13-15,17-20H2,1-2H3,(H,47,48). The Morgan fingerprint density at radius 2 is 1.74 bits per heavy atom. The quantitative estimate of drug-likeness (QED) is 0.138. The zero-order valence-electron chi connectivity index (χ0n) is 29.7. The number of carboxylic acid groups (broad SMARTS) is 1. The predicted molar refractivity (Wildman–Crippen MR) is 184 cm³/mol. The van der Waals surface area contributed by atoms with E-state index in [1.165, 1.54) is 16.9 Å². The van der Waals surface area contributed by atoms with Crippen LogP contribution in [0.3, 0.4) is 0 Å². The maximum absolute atomic E-state index is 15.0. The van der Waals surface area contributed by atoms with Crippen LogP contribution in [-0.2, 0) is 32.3 Å². The minimum Gasteiger partial charge on any atom is -0.493 e. The maximum Gasteiger partial charge on any atom is 0.425 e. The Hall–Kier alpha value is -4.38. The Kier molecular flexibility index (Phi) is 12.5. The molecule has 1 aromatic carbocycles. The third kappa shape index (κ3) is 8.61. The van der Waals surface area contributed by atoms with Crippen molar-refractivity contribution in [2.75, 3.05) is 33.4 Å². The number of thiophene rings is 1. The third-order valence-corrected chi connectivity index (χ3v) is 10.9. The molecule has 1 N–H and O–H groups in total. The van der Waals surface area contributed by atoms with Gasteiger partial charge in [0.15, 0.2) is 0 Å². The highest BCUT2D eigenvalue weighted by Gasteiger charge is 2.57. The lowest BCUT2D eigenvalue weighted by Crippen LogP contribution is -2.68. The number of para-hydroxylation sites is 1. The number of pyridine rings is 1. The van der Waals surface area contributed by atoms with E-state index in [1.807, 2.05) is 6.07 Å². The molecular formula is C37H41F6N3O7S. The van der Waals surface area contributed by atoms with Crippen LogP contribution in [-0.4, -0.2) is 82.7 Å². The van der Waals surface area contributed by atoms with E-state index in [9.17, 15) is 40.7 Å². The van der Waals surface area contributed by atoms with Crippen LogP contribution in [0.5, 0.6) is 11.5 Å². The number of piperidine rings is 2. The van der Waals surface area contributed by atoms with Crippen molar-refractivity contribution in [1.82, 2.24) is 14.8 Å². The molecule has 0 saturated carbocycles. The molecule has 294 valence electrons. The van der Waals surface area contributed by atoms with Gasteiger partial charge in [0.05, 0.1) is 29.4 Å². The molecule has 2 aliphatic heterocycles. The van der Waals surface area contributed by atoms with Crippen molar-refractivity contribution in [2.45, 2.75) is 87.9 Å². The van der Waals surface area contributed by atoms with Crippen LogP contribution in [0.15, 0.2) is 54.2 Å². The van der Waals surface area contributed by atoms with E-state index in [2.05, 4.69) is 4.98 Å². The lowest BCUT2D eigenvalue weighted by atomic mass is 9.78. The molecule has 0 aliphatic carbocycles. The summed E-state index contributed by atoms with van der Waals surface area (Å²) in [5.41, 5.74) is -4.11. The molecule has 2 saturated heterocycles. The van der Waals surface area contributed by atoms with E-state index >= 15 is 0 Å². The largest absolute Gasteiger partial charge is 0.493 e. The van der Waals surface area contributed by atoms with E-state index < -0.39 is 63.4 Å². The van der Waals surface area contributed by atoms with Gasteiger partial charge in [-0.1, -0.05) is 31.5 Å². The summed E-state index contributed by atoms with van der Waals surface area (Å²) in [5, 5.41) is 10.1. The van der Waals surface area contributed by atoms with Gasteiger partial charge in [0.2, 0.25) is 5.60 Å². The van der Waals surface area contributed by atoms with Crippen LogP contribution < -0.4 is 9.47 Å². The van der Waals surface area contributed by atoms with Crippen molar-refractivity contribution in [3.05, 3.63) is 75.7 Å². The first-order chi connectivity index (χ1) is 25.6. The molecule has 2 aromatic heterocycles. The number of benzene rings is 1. The highest BCUT2D eigenvalue weighted by atomic mass is 32.1. The van der Waals surface area contributed by atoms with Crippen LogP contribution in [0.1, 0.15) is 84.7 Å². The molecule has 2 atom stereocenters. The molecule has 0 bridgehead atoms. The second kappa shape index (κ2) is 16.6. The molecule has 0 spiro atoms. The van der Waals surface area contributed by atoms with E-state index in [4.69, 9.17) is 19.3 Å². The maximum atomic E-state index is 15.0. The highest BCUT2D eigenvalue weighted by molar-refractivity contribution is 7.10. The van der Waals surface area contributed by atoms with E-state index in [0.717, 1.165) is 23.8 Å². The van der Waals surface area contributed by atoms with Crippen molar-refractivity contribution < 1.29 is 60.0 Å². The average molecular weight is 786 g/mol. The predicted octanol–water partition coefficient (Wildman–Crippen LogP) is 7.81. The number of aromatic nitrogens is 1. The summed E-state index contributed by atoms with van der Waals surface area (Å²) in [6, 6.07) is 7.45. The fourth-order valence-corrected chi connectivity index (χ4v) is 8.08. The number of hydrogen-bond donors (Lipinski definition) is 1. The number of nitrogens with zero attached hydrogens (tertiary/aromatic N) is 3. The van der Waals surface area contributed by atoms with Gasteiger partial charge >= 0.3 is 18.3 Å². The molecule has 3 aromatic rings. The molecule has 2 aliphatic rings. The minimum absolute atomic E-state index is 0.0183. The molecule has 2 unspecified atom stereocenters. The van der Waals surface area contributed by atoms with Gasteiger partial charge in [-0.15, -0.1) is 11.3 Å². The Labute approximate surface area is 312 Å². The molecule has 54 heavy (non-hydrogen) atoms. The van der Waals surface area contributed by atoms with Gasteiger partial charge in [0, 0.05) is 69.0 Å². The van der Waals surface area contributed by atoms with E-state index in [-0.39, 0.29) is 76.9 Å². The summed E-state index contributed by atoms with van der Waals surface area (Å²) in [7, 11) is 1.52. The van der Waals surface area contributed by atoms with E-state index in [0.29, 0.717) is 35.1 Å². The Balaban J connectivity index is 1.49. The SMILES string of the molecule is CCCC1N(C(=O)c2cnccc2C(F)(F)F)CCCC1(Oc1csc(C(F)(F)F)c1)C(=O)N1CCC(OC)(c2ccccc2OCCCC(=O)O)CC1. The number of amides is 2. The molecule has 10 nitrogen and oxygen atoms in total. The zero-order chi connectivity index (χ0) is 39.3. The number of methoxy groups -OCH3 is 1. The van der Waals surface area contributed by atoms with Crippen LogP contribution in [0.25, 0.3) is 0 Å². The number of rotatable bonds is 13. The number of hydrogen-bond acceptors (Lipinski definition) is 8. The first kappa shape index (κ1) is 40.8. The van der Waals surface area contributed by atoms with Crippen LogP contribution >= 0.6 is 11.3 Å². The number of ether oxygens (including phenoxy) is 3. The molecule has 2 fully saturated rings. The van der Waals surface area contributed by atoms with Crippen molar-refractivity contribution in [3.8, 4) is 11.5 Å². The average Bonchev–Trinajstić information content (AvgIpc) is 3.63. The van der Waals surface area contributed by atoms with Crippen LogP contribution in [0, 0.1) is 0 Å². The fraction of sp³-hybridized carbons (Fsp3) is 0.514. The van der Waals surface area contributed by atoms with Gasteiger partial charge in [-0.05, 0) is 44.2 Å². The summed E-state index contributed by atoms with van der Waals surface area (Å²) in [6.07, 6.45) is -6.58. The third-order valence-electron chi connectivity index (χ3n) is 9.98. The van der Waals surface area contributed by atoms with Gasteiger partial charge in [-0.25, -0.2) is 0 Å². The number of aliphatic carboxylic acids is 1. The number of alkyl halides is 6. The van der Waals surface area contributed by atoms with Crippen LogP contribution in [0.2, 0.25) is 0 Å². The first-order valence-electron chi connectivity index (χ1n) is 17.5. The Bertz CT molecular complexity index is 1790. The van der Waals surface area contributed by atoms with Crippen molar-refractivity contribution in [2.24, 2.45) is 0 Å². The van der Waals surface area contributed by atoms with Crippen molar-refractivity contribution in [3.63, 3.8) is 0 Å². The van der Waals surface area contributed by atoms with Crippen LogP contribution in [0.4, 0.5) is 26.3 Å². The summed E-state index contributed by atoms with van der Waals surface area (Å²) >= 11 is 0.378. The van der Waals surface area contributed by atoms with Gasteiger partial charge < -0.3 is 29.1 Å². The number of halogens is 6. The smallest absolute Gasteiger partial charge is 0.425 e. The lowest BCUT2D eigenvalue weighted by molar-refractivity contribution is -0.164. The molecule has 17 heteroatoms. The molecule has 5 rings (SSSR count). The monoisotopic (exact) mass is 785 g/mol. The minimum atomic E-state index is -4.89. The Morgan fingerprint density at radius 1 is 1.02 bits per heavy atom. The van der Waals surface area contributed by atoms with Gasteiger partial charge in [0.1, 0.15) is 16.4 Å².